The zero-order chi connectivity index (χ0) is 15.4. The standard InChI is InChI=1S/C16H19NO2S2/c1-3-14(18)11(2)15(19)17-13(10-21-16(17)20)9-12-7-5-4-6-8-12/h3-8,11,13-14,18H,1,9-10H2,2H3/t11-,13+,14+/m1/s1. The van der Waals surface area contributed by atoms with Crippen LogP contribution < -0.4 is 0 Å². The Labute approximate surface area is 135 Å². The molecule has 0 radical (unpaired) electrons. The second-order valence-electron chi connectivity index (χ2n) is 5.14. The summed E-state index contributed by atoms with van der Waals surface area (Å²) in [5.41, 5.74) is 1.18. The summed E-state index contributed by atoms with van der Waals surface area (Å²) in [6.45, 7) is 5.25. The van der Waals surface area contributed by atoms with Crippen molar-refractivity contribution in [3.63, 3.8) is 0 Å². The molecule has 112 valence electrons. The third-order valence-corrected chi connectivity index (χ3v) is 5.20. The highest BCUT2D eigenvalue weighted by Gasteiger charge is 2.37. The first-order valence-corrected chi connectivity index (χ1v) is 8.28. The van der Waals surface area contributed by atoms with Gasteiger partial charge in [-0.05, 0) is 12.0 Å². The summed E-state index contributed by atoms with van der Waals surface area (Å²) in [5.74, 6) is 0.145. The van der Waals surface area contributed by atoms with Gasteiger partial charge in [-0.25, -0.2) is 0 Å². The molecule has 21 heavy (non-hydrogen) atoms. The van der Waals surface area contributed by atoms with E-state index in [1.165, 1.54) is 23.4 Å². The van der Waals surface area contributed by atoms with Crippen LogP contribution in [0.5, 0.6) is 0 Å². The van der Waals surface area contributed by atoms with Crippen molar-refractivity contribution in [2.24, 2.45) is 5.92 Å². The van der Waals surface area contributed by atoms with Gasteiger partial charge >= 0.3 is 0 Å². The van der Waals surface area contributed by atoms with Crippen molar-refractivity contribution in [2.45, 2.75) is 25.5 Å². The lowest BCUT2D eigenvalue weighted by Crippen LogP contribution is -2.45. The van der Waals surface area contributed by atoms with Crippen molar-refractivity contribution in [1.82, 2.24) is 4.90 Å². The maximum atomic E-state index is 12.6. The Kier molecular flexibility index (Phi) is 5.56. The summed E-state index contributed by atoms with van der Waals surface area (Å²) in [7, 11) is 0. The molecule has 1 aromatic rings. The van der Waals surface area contributed by atoms with Crippen molar-refractivity contribution >= 4 is 34.2 Å². The number of amides is 1. The molecule has 0 unspecified atom stereocenters. The van der Waals surface area contributed by atoms with Gasteiger partial charge in [0.2, 0.25) is 5.91 Å². The van der Waals surface area contributed by atoms with Crippen LogP contribution in [-0.4, -0.2) is 38.1 Å². The number of hydrogen-bond acceptors (Lipinski definition) is 4. The minimum Gasteiger partial charge on any atom is -0.388 e. The van der Waals surface area contributed by atoms with Gasteiger partial charge < -0.3 is 5.11 Å². The summed E-state index contributed by atoms with van der Waals surface area (Å²) < 4.78 is 0.601. The minimum atomic E-state index is -0.844. The molecule has 0 bridgehead atoms. The first-order chi connectivity index (χ1) is 10.0. The van der Waals surface area contributed by atoms with Gasteiger partial charge in [0, 0.05) is 5.75 Å². The third kappa shape index (κ3) is 3.73. The zero-order valence-corrected chi connectivity index (χ0v) is 13.6. The van der Waals surface area contributed by atoms with E-state index >= 15 is 0 Å². The van der Waals surface area contributed by atoms with Gasteiger partial charge in [0.05, 0.1) is 18.1 Å². The molecular formula is C16H19NO2S2. The van der Waals surface area contributed by atoms with Crippen LogP contribution in [0.2, 0.25) is 0 Å². The fraction of sp³-hybridized carbons (Fsp3) is 0.375. The van der Waals surface area contributed by atoms with E-state index < -0.39 is 12.0 Å². The molecule has 1 heterocycles. The number of aliphatic hydroxyl groups is 1. The smallest absolute Gasteiger partial charge is 0.234 e. The van der Waals surface area contributed by atoms with Crippen LogP contribution in [0.3, 0.4) is 0 Å². The first-order valence-electron chi connectivity index (χ1n) is 6.89. The average Bonchev–Trinajstić information content (AvgIpc) is 2.86. The number of thiocarbonyl (C=S) groups is 1. The maximum Gasteiger partial charge on any atom is 0.234 e. The minimum absolute atomic E-state index is 0.0527. The van der Waals surface area contributed by atoms with Gasteiger partial charge in [-0.1, -0.05) is 67.3 Å². The predicted molar refractivity (Wildman–Crippen MR) is 91.2 cm³/mol. The molecule has 1 aromatic carbocycles. The van der Waals surface area contributed by atoms with E-state index in [4.69, 9.17) is 12.2 Å². The van der Waals surface area contributed by atoms with E-state index in [2.05, 4.69) is 18.7 Å². The van der Waals surface area contributed by atoms with E-state index in [0.717, 1.165) is 12.2 Å². The molecule has 2 rings (SSSR count). The Bertz CT molecular complexity index is 532. The second kappa shape index (κ2) is 7.20. The van der Waals surface area contributed by atoms with Crippen LogP contribution in [-0.2, 0) is 11.2 Å². The molecule has 3 atom stereocenters. The summed E-state index contributed by atoms with van der Waals surface area (Å²) in [6, 6.07) is 10.1. The number of aliphatic hydroxyl groups excluding tert-OH is 1. The van der Waals surface area contributed by atoms with Gasteiger partial charge in [0.15, 0.2) is 0 Å². The lowest BCUT2D eigenvalue weighted by molar-refractivity contribution is -0.134. The van der Waals surface area contributed by atoms with Crippen molar-refractivity contribution in [3.8, 4) is 0 Å². The summed E-state index contributed by atoms with van der Waals surface area (Å²) in [5, 5.41) is 9.80. The van der Waals surface area contributed by atoms with Crippen molar-refractivity contribution < 1.29 is 9.90 Å². The van der Waals surface area contributed by atoms with E-state index in [1.54, 1.807) is 11.8 Å². The van der Waals surface area contributed by atoms with Crippen LogP contribution in [0.15, 0.2) is 43.0 Å². The summed E-state index contributed by atoms with van der Waals surface area (Å²) >= 11 is 6.84. The number of carbonyl (C=O) groups is 1. The molecule has 1 saturated heterocycles. The molecule has 0 saturated carbocycles. The van der Waals surface area contributed by atoms with Crippen LogP contribution in [0.25, 0.3) is 0 Å². The highest BCUT2D eigenvalue weighted by Crippen LogP contribution is 2.29. The van der Waals surface area contributed by atoms with Gasteiger partial charge in [-0.3, -0.25) is 9.69 Å². The maximum absolute atomic E-state index is 12.6. The fourth-order valence-corrected chi connectivity index (χ4v) is 3.76. The Balaban J connectivity index is 2.13. The Morgan fingerprint density at radius 1 is 1.57 bits per heavy atom. The molecule has 0 aliphatic carbocycles. The Morgan fingerprint density at radius 3 is 2.86 bits per heavy atom. The lowest BCUT2D eigenvalue weighted by atomic mass is 10.0. The highest BCUT2D eigenvalue weighted by atomic mass is 32.2. The van der Waals surface area contributed by atoms with Crippen molar-refractivity contribution in [2.75, 3.05) is 5.75 Å². The van der Waals surface area contributed by atoms with Gasteiger partial charge in [0.1, 0.15) is 4.32 Å². The molecule has 0 spiro atoms. The van der Waals surface area contributed by atoms with E-state index in [1.807, 2.05) is 18.2 Å². The monoisotopic (exact) mass is 321 g/mol. The van der Waals surface area contributed by atoms with Crippen LogP contribution >= 0.6 is 24.0 Å². The fourth-order valence-electron chi connectivity index (χ4n) is 2.34. The first kappa shape index (κ1) is 16.2. The number of benzene rings is 1. The van der Waals surface area contributed by atoms with Crippen molar-refractivity contribution in [1.29, 1.82) is 0 Å². The van der Waals surface area contributed by atoms with Gasteiger partial charge in [0.25, 0.3) is 0 Å². The molecule has 0 aromatic heterocycles. The van der Waals surface area contributed by atoms with E-state index in [9.17, 15) is 9.90 Å². The van der Waals surface area contributed by atoms with Crippen LogP contribution in [0, 0.1) is 5.92 Å². The average molecular weight is 321 g/mol. The third-order valence-electron chi connectivity index (χ3n) is 3.66. The predicted octanol–water partition coefficient (Wildman–Crippen LogP) is 2.64. The SMILES string of the molecule is C=C[C@H](O)[C@@H](C)C(=O)N1C(=S)SC[C@@H]1Cc1ccccc1. The van der Waals surface area contributed by atoms with Crippen LogP contribution in [0.4, 0.5) is 0 Å². The molecule has 1 N–H and O–H groups in total. The number of thioether (sulfide) groups is 1. The number of hydrogen-bond donors (Lipinski definition) is 1. The molecule has 1 fully saturated rings. The largest absolute Gasteiger partial charge is 0.388 e. The Hall–Kier alpha value is -1.17. The van der Waals surface area contributed by atoms with E-state index in [0.29, 0.717) is 4.32 Å². The topological polar surface area (TPSA) is 40.5 Å². The molecule has 1 aliphatic rings. The van der Waals surface area contributed by atoms with E-state index in [-0.39, 0.29) is 11.9 Å². The number of carbonyl (C=O) groups excluding carboxylic acids is 1. The normalized spacial score (nSPS) is 21.1. The quantitative estimate of drug-likeness (QED) is 0.668. The van der Waals surface area contributed by atoms with Gasteiger partial charge in [-0.15, -0.1) is 6.58 Å². The molecule has 1 aliphatic heterocycles. The van der Waals surface area contributed by atoms with Gasteiger partial charge in [-0.2, -0.15) is 0 Å². The number of rotatable bonds is 5. The second-order valence-corrected chi connectivity index (χ2v) is 6.80. The van der Waals surface area contributed by atoms with Crippen LogP contribution in [0.1, 0.15) is 12.5 Å². The molecular weight excluding hydrogens is 302 g/mol. The zero-order valence-electron chi connectivity index (χ0n) is 11.9. The van der Waals surface area contributed by atoms with Crippen molar-refractivity contribution in [3.05, 3.63) is 48.6 Å². The molecule has 1 amide bonds. The highest BCUT2D eigenvalue weighted by molar-refractivity contribution is 8.23. The number of nitrogens with zero attached hydrogens (tertiary/aromatic N) is 1. The Morgan fingerprint density at radius 2 is 2.24 bits per heavy atom. The molecule has 3 nitrogen and oxygen atoms in total. The summed E-state index contributed by atoms with van der Waals surface area (Å²) in [4.78, 5) is 14.2. The molecule has 5 heteroatoms. The lowest BCUT2D eigenvalue weighted by Gasteiger charge is -2.27. The summed E-state index contributed by atoms with van der Waals surface area (Å²) in [6.07, 6.45) is 1.32.